The molecular formula is C15H17BrN2. The Morgan fingerprint density at radius 3 is 2.67 bits per heavy atom. The molecule has 0 aliphatic rings. The van der Waals surface area contributed by atoms with Crippen LogP contribution >= 0.6 is 15.9 Å². The predicted molar refractivity (Wildman–Crippen MR) is 78.6 cm³/mol. The van der Waals surface area contributed by atoms with Crippen LogP contribution < -0.4 is 5.32 Å². The maximum absolute atomic E-state index is 4.47. The summed E-state index contributed by atoms with van der Waals surface area (Å²) in [6, 6.07) is 12.7. The van der Waals surface area contributed by atoms with Crippen LogP contribution in [0.5, 0.6) is 0 Å². The van der Waals surface area contributed by atoms with E-state index in [4.69, 9.17) is 0 Å². The van der Waals surface area contributed by atoms with E-state index in [2.05, 4.69) is 57.4 Å². The van der Waals surface area contributed by atoms with Crippen LogP contribution in [-0.4, -0.2) is 12.0 Å². The monoisotopic (exact) mass is 304 g/mol. The third-order valence-corrected chi connectivity index (χ3v) is 3.87. The van der Waals surface area contributed by atoms with Crippen molar-refractivity contribution >= 4 is 15.9 Å². The zero-order valence-corrected chi connectivity index (χ0v) is 12.2. The third kappa shape index (κ3) is 2.98. The highest BCUT2D eigenvalue weighted by molar-refractivity contribution is 9.10. The predicted octanol–water partition coefficient (Wildman–Crippen LogP) is 3.66. The molecule has 1 unspecified atom stereocenters. The molecule has 3 heteroatoms. The topological polar surface area (TPSA) is 24.9 Å². The zero-order valence-electron chi connectivity index (χ0n) is 10.7. The molecular weight excluding hydrogens is 288 g/mol. The molecule has 2 nitrogen and oxygen atoms in total. The van der Waals surface area contributed by atoms with Crippen molar-refractivity contribution < 1.29 is 0 Å². The average Bonchev–Trinajstić information content (AvgIpc) is 2.39. The van der Waals surface area contributed by atoms with Gasteiger partial charge in [0, 0.05) is 28.8 Å². The van der Waals surface area contributed by atoms with Crippen LogP contribution in [-0.2, 0) is 6.42 Å². The van der Waals surface area contributed by atoms with Gasteiger partial charge in [-0.05, 0) is 37.2 Å². The van der Waals surface area contributed by atoms with Gasteiger partial charge < -0.3 is 5.32 Å². The lowest BCUT2D eigenvalue weighted by molar-refractivity contribution is 0.580. The molecule has 0 saturated heterocycles. The van der Waals surface area contributed by atoms with Gasteiger partial charge in [-0.25, -0.2) is 0 Å². The first-order chi connectivity index (χ1) is 8.72. The maximum atomic E-state index is 4.47. The Labute approximate surface area is 117 Å². The first kappa shape index (κ1) is 13.2. The number of aromatic nitrogens is 1. The van der Waals surface area contributed by atoms with Crippen LogP contribution in [0.1, 0.15) is 22.9 Å². The summed E-state index contributed by atoms with van der Waals surface area (Å²) < 4.78 is 1.14. The Kier molecular flexibility index (Phi) is 4.50. The summed E-state index contributed by atoms with van der Waals surface area (Å²) in [4.78, 5) is 4.47. The van der Waals surface area contributed by atoms with Gasteiger partial charge in [0.1, 0.15) is 0 Å². The molecule has 1 aromatic carbocycles. The number of benzene rings is 1. The van der Waals surface area contributed by atoms with Gasteiger partial charge in [0.25, 0.3) is 0 Å². The van der Waals surface area contributed by atoms with E-state index in [0.29, 0.717) is 0 Å². The fourth-order valence-corrected chi connectivity index (χ4v) is 2.61. The Morgan fingerprint density at radius 1 is 1.22 bits per heavy atom. The van der Waals surface area contributed by atoms with Crippen molar-refractivity contribution in [2.45, 2.75) is 19.4 Å². The Morgan fingerprint density at radius 2 is 2.00 bits per heavy atom. The smallest absolute Gasteiger partial charge is 0.0451 e. The molecule has 0 amide bonds. The summed E-state index contributed by atoms with van der Waals surface area (Å²) in [5.41, 5.74) is 3.66. The molecule has 1 heterocycles. The van der Waals surface area contributed by atoms with E-state index in [1.54, 1.807) is 0 Å². The van der Waals surface area contributed by atoms with Crippen molar-refractivity contribution in [3.05, 3.63) is 63.9 Å². The fraction of sp³-hybridized carbons (Fsp3) is 0.267. The molecule has 2 aromatic rings. The van der Waals surface area contributed by atoms with Gasteiger partial charge in [-0.2, -0.15) is 0 Å². The molecule has 0 radical (unpaired) electrons. The lowest BCUT2D eigenvalue weighted by Gasteiger charge is -2.18. The highest BCUT2D eigenvalue weighted by Gasteiger charge is 2.14. The minimum Gasteiger partial charge on any atom is -0.313 e. The van der Waals surface area contributed by atoms with Gasteiger partial charge >= 0.3 is 0 Å². The lowest BCUT2D eigenvalue weighted by Crippen LogP contribution is -2.20. The van der Waals surface area contributed by atoms with Crippen LogP contribution in [0.2, 0.25) is 0 Å². The first-order valence-electron chi connectivity index (χ1n) is 6.04. The molecule has 2 rings (SSSR count). The van der Waals surface area contributed by atoms with Gasteiger partial charge in [0.05, 0.1) is 0 Å². The van der Waals surface area contributed by atoms with E-state index < -0.39 is 0 Å². The molecule has 0 fully saturated rings. The van der Waals surface area contributed by atoms with Gasteiger partial charge in [0.15, 0.2) is 0 Å². The van der Waals surface area contributed by atoms with E-state index in [1.807, 2.05) is 25.4 Å². The Balaban J connectivity index is 2.26. The van der Waals surface area contributed by atoms with Crippen molar-refractivity contribution in [2.24, 2.45) is 0 Å². The first-order valence-corrected chi connectivity index (χ1v) is 6.84. The SMILES string of the molecule is CNC(Cc1ncccc1C)c1ccccc1Br. The van der Waals surface area contributed by atoms with Crippen molar-refractivity contribution in [2.75, 3.05) is 7.05 Å². The maximum Gasteiger partial charge on any atom is 0.0451 e. The Bertz CT molecular complexity index is 525. The van der Waals surface area contributed by atoms with E-state index in [0.717, 1.165) is 16.6 Å². The quantitative estimate of drug-likeness (QED) is 0.932. The van der Waals surface area contributed by atoms with Crippen molar-refractivity contribution in [3.8, 4) is 0 Å². The number of halogens is 1. The molecule has 94 valence electrons. The molecule has 1 aromatic heterocycles. The summed E-state index contributed by atoms with van der Waals surface area (Å²) >= 11 is 3.61. The minimum atomic E-state index is 0.272. The van der Waals surface area contributed by atoms with Crippen molar-refractivity contribution in [1.82, 2.24) is 10.3 Å². The number of nitrogens with zero attached hydrogens (tertiary/aromatic N) is 1. The number of pyridine rings is 1. The Hall–Kier alpha value is -1.19. The van der Waals surface area contributed by atoms with Gasteiger partial charge in [0.2, 0.25) is 0 Å². The molecule has 0 aliphatic heterocycles. The van der Waals surface area contributed by atoms with E-state index in [1.165, 1.54) is 11.1 Å². The molecule has 0 saturated carbocycles. The third-order valence-electron chi connectivity index (χ3n) is 3.14. The number of likely N-dealkylation sites (N-methyl/N-ethyl adjacent to an activating group) is 1. The van der Waals surface area contributed by atoms with E-state index >= 15 is 0 Å². The minimum absolute atomic E-state index is 0.272. The number of nitrogens with one attached hydrogen (secondary N) is 1. The zero-order chi connectivity index (χ0) is 13.0. The van der Waals surface area contributed by atoms with Gasteiger partial charge in [-0.15, -0.1) is 0 Å². The van der Waals surface area contributed by atoms with Crippen LogP contribution in [0.4, 0.5) is 0 Å². The normalized spacial score (nSPS) is 12.4. The highest BCUT2D eigenvalue weighted by Crippen LogP contribution is 2.25. The molecule has 0 spiro atoms. The largest absolute Gasteiger partial charge is 0.313 e. The molecule has 1 N–H and O–H groups in total. The number of hydrogen-bond acceptors (Lipinski definition) is 2. The molecule has 0 bridgehead atoms. The van der Waals surface area contributed by atoms with Crippen molar-refractivity contribution in [3.63, 3.8) is 0 Å². The van der Waals surface area contributed by atoms with Crippen LogP contribution in [0.15, 0.2) is 47.1 Å². The number of hydrogen-bond donors (Lipinski definition) is 1. The van der Waals surface area contributed by atoms with E-state index in [-0.39, 0.29) is 6.04 Å². The summed E-state index contributed by atoms with van der Waals surface area (Å²) in [5, 5.41) is 3.36. The van der Waals surface area contributed by atoms with Crippen LogP contribution in [0.25, 0.3) is 0 Å². The average molecular weight is 305 g/mol. The second kappa shape index (κ2) is 6.12. The standard InChI is InChI=1S/C15H17BrN2/c1-11-6-5-9-18-14(11)10-15(17-2)12-7-3-4-8-13(12)16/h3-9,15,17H,10H2,1-2H3. The van der Waals surface area contributed by atoms with Gasteiger partial charge in [-0.3, -0.25) is 4.98 Å². The highest BCUT2D eigenvalue weighted by atomic mass is 79.9. The van der Waals surface area contributed by atoms with Crippen molar-refractivity contribution in [1.29, 1.82) is 0 Å². The number of rotatable bonds is 4. The fourth-order valence-electron chi connectivity index (χ4n) is 2.05. The number of aryl methyl sites for hydroxylation is 1. The second-order valence-electron chi connectivity index (χ2n) is 4.33. The summed E-state index contributed by atoms with van der Waals surface area (Å²) in [5.74, 6) is 0. The summed E-state index contributed by atoms with van der Waals surface area (Å²) in [7, 11) is 1.99. The molecule has 1 atom stereocenters. The summed E-state index contributed by atoms with van der Waals surface area (Å²) in [6.07, 6.45) is 2.75. The van der Waals surface area contributed by atoms with Crippen LogP contribution in [0, 0.1) is 6.92 Å². The van der Waals surface area contributed by atoms with E-state index in [9.17, 15) is 0 Å². The second-order valence-corrected chi connectivity index (χ2v) is 5.19. The lowest BCUT2D eigenvalue weighted by atomic mass is 10.00. The molecule has 0 aliphatic carbocycles. The molecule has 18 heavy (non-hydrogen) atoms. The summed E-state index contributed by atoms with van der Waals surface area (Å²) in [6.45, 7) is 2.11. The van der Waals surface area contributed by atoms with Gasteiger partial charge in [-0.1, -0.05) is 40.2 Å². The van der Waals surface area contributed by atoms with Crippen LogP contribution in [0.3, 0.4) is 0 Å².